The van der Waals surface area contributed by atoms with Gasteiger partial charge in [0.15, 0.2) is 0 Å². The van der Waals surface area contributed by atoms with Crippen molar-refractivity contribution in [2.75, 3.05) is 11.4 Å². The van der Waals surface area contributed by atoms with Crippen LogP contribution in [0.4, 0.5) is 5.69 Å². The minimum atomic E-state index is -0.854. The average Bonchev–Trinajstić information content (AvgIpc) is 2.92. The van der Waals surface area contributed by atoms with Gasteiger partial charge in [-0.3, -0.25) is 14.4 Å². The number of amides is 3. The lowest BCUT2D eigenvalue weighted by atomic mass is 9.82. The molecule has 1 fully saturated rings. The molecule has 3 N–H and O–H groups in total. The molecule has 0 aromatic heterocycles. The normalized spacial score (nSPS) is 18.9. The third-order valence-electron chi connectivity index (χ3n) is 7.56. The van der Waals surface area contributed by atoms with Crippen molar-refractivity contribution in [2.24, 2.45) is 29.4 Å². The van der Waals surface area contributed by atoms with Crippen molar-refractivity contribution >= 4 is 23.4 Å². The Hall–Kier alpha value is -3.41. The predicted molar refractivity (Wildman–Crippen MR) is 143 cm³/mol. The van der Waals surface area contributed by atoms with Gasteiger partial charge in [-0.15, -0.1) is 6.58 Å². The van der Waals surface area contributed by atoms with Gasteiger partial charge in [-0.25, -0.2) is 0 Å². The number of rotatable bonds is 10. The molecular formula is C30H37N3O3. The van der Waals surface area contributed by atoms with Crippen LogP contribution in [0, 0.1) is 23.7 Å². The molecule has 190 valence electrons. The van der Waals surface area contributed by atoms with E-state index >= 15 is 0 Å². The molecule has 6 heteroatoms. The largest absolute Gasteiger partial charge is 0.369 e. The summed E-state index contributed by atoms with van der Waals surface area (Å²) in [6.45, 7) is 8.40. The van der Waals surface area contributed by atoms with Crippen LogP contribution in [0.1, 0.15) is 57.6 Å². The fraction of sp³-hybridized carbons (Fsp3) is 0.433. The molecule has 36 heavy (non-hydrogen) atoms. The molecule has 6 nitrogen and oxygen atoms in total. The monoisotopic (exact) mass is 487 g/mol. The number of carbonyl (C=O) groups is 3. The summed E-state index contributed by atoms with van der Waals surface area (Å²) in [7, 11) is 0. The highest BCUT2D eigenvalue weighted by Gasteiger charge is 2.39. The van der Waals surface area contributed by atoms with Gasteiger partial charge in [-0.1, -0.05) is 68.8 Å². The standard InChI is InChI=1S/C30H37N3O3/c1-4-10-24(28(31)34)25(17-19(2)3)29(35)32-27-23-15-6-5-13-21(23)22-14-7-8-16-26(22)33(30(27)36)18-20-11-9-12-20/h4-8,13-16,19-20,24-25,27H,1,9-12,17-18H2,2-3H3,(H2,31,34)(H,32,35). The van der Waals surface area contributed by atoms with Crippen LogP contribution in [0.3, 0.4) is 0 Å². The number of anilines is 1. The van der Waals surface area contributed by atoms with Gasteiger partial charge in [0.05, 0.1) is 17.5 Å². The smallest absolute Gasteiger partial charge is 0.254 e. The maximum absolute atomic E-state index is 14.2. The zero-order valence-electron chi connectivity index (χ0n) is 21.3. The molecule has 4 rings (SSSR count). The van der Waals surface area contributed by atoms with Gasteiger partial charge < -0.3 is 16.0 Å². The third-order valence-corrected chi connectivity index (χ3v) is 7.56. The van der Waals surface area contributed by atoms with Crippen LogP contribution in [0.15, 0.2) is 61.2 Å². The van der Waals surface area contributed by atoms with Crippen LogP contribution in [0.25, 0.3) is 11.1 Å². The summed E-state index contributed by atoms with van der Waals surface area (Å²) in [6.07, 6.45) is 5.82. The Kier molecular flexibility index (Phi) is 7.92. The van der Waals surface area contributed by atoms with Gasteiger partial charge in [0.1, 0.15) is 6.04 Å². The zero-order chi connectivity index (χ0) is 25.8. The Bertz CT molecular complexity index is 1140. The lowest BCUT2D eigenvalue weighted by Crippen LogP contribution is -2.48. The Morgan fingerprint density at radius 3 is 2.36 bits per heavy atom. The molecule has 0 spiro atoms. The Balaban J connectivity index is 1.74. The lowest BCUT2D eigenvalue weighted by molar-refractivity contribution is -0.136. The van der Waals surface area contributed by atoms with Gasteiger partial charge in [-0.05, 0) is 54.7 Å². The van der Waals surface area contributed by atoms with E-state index in [1.807, 2.05) is 67.3 Å². The van der Waals surface area contributed by atoms with Gasteiger partial charge in [0.2, 0.25) is 11.8 Å². The van der Waals surface area contributed by atoms with Crippen LogP contribution < -0.4 is 16.0 Å². The molecule has 2 aliphatic rings. The van der Waals surface area contributed by atoms with E-state index in [1.54, 1.807) is 6.08 Å². The van der Waals surface area contributed by atoms with Gasteiger partial charge in [-0.2, -0.15) is 0 Å². The molecule has 3 unspecified atom stereocenters. The first-order valence-corrected chi connectivity index (χ1v) is 13.0. The maximum atomic E-state index is 14.2. The maximum Gasteiger partial charge on any atom is 0.254 e. The molecule has 1 aliphatic heterocycles. The molecule has 1 saturated carbocycles. The van der Waals surface area contributed by atoms with Crippen molar-refractivity contribution in [2.45, 2.75) is 52.0 Å². The van der Waals surface area contributed by atoms with Crippen molar-refractivity contribution in [3.63, 3.8) is 0 Å². The van der Waals surface area contributed by atoms with Crippen LogP contribution in [0.2, 0.25) is 0 Å². The van der Waals surface area contributed by atoms with Gasteiger partial charge >= 0.3 is 0 Å². The summed E-state index contributed by atoms with van der Waals surface area (Å²) in [6, 6.07) is 14.9. The number of hydrogen-bond acceptors (Lipinski definition) is 3. The number of primary amides is 1. The van der Waals surface area contributed by atoms with Crippen molar-refractivity contribution in [3.8, 4) is 11.1 Å². The van der Waals surface area contributed by atoms with E-state index in [4.69, 9.17) is 5.73 Å². The number of allylic oxidation sites excluding steroid dienone is 1. The first-order valence-electron chi connectivity index (χ1n) is 13.0. The van der Waals surface area contributed by atoms with Crippen molar-refractivity contribution in [1.82, 2.24) is 5.32 Å². The molecule has 0 saturated heterocycles. The molecule has 3 amide bonds. The second-order valence-corrected chi connectivity index (χ2v) is 10.6. The number of fused-ring (bicyclic) bond motifs is 3. The highest BCUT2D eigenvalue weighted by Crippen LogP contribution is 2.42. The molecule has 1 heterocycles. The molecule has 3 atom stereocenters. The van der Waals surface area contributed by atoms with E-state index in [-0.39, 0.29) is 17.7 Å². The lowest BCUT2D eigenvalue weighted by Gasteiger charge is -2.34. The Morgan fingerprint density at radius 1 is 1.08 bits per heavy atom. The van der Waals surface area contributed by atoms with E-state index in [0.29, 0.717) is 25.3 Å². The van der Waals surface area contributed by atoms with E-state index in [0.717, 1.165) is 35.2 Å². The summed E-state index contributed by atoms with van der Waals surface area (Å²) in [4.78, 5) is 42.1. The number of nitrogens with two attached hydrogens (primary N) is 1. The van der Waals surface area contributed by atoms with Crippen LogP contribution in [-0.2, 0) is 14.4 Å². The number of carbonyl (C=O) groups excluding carboxylic acids is 3. The van der Waals surface area contributed by atoms with E-state index in [2.05, 4.69) is 11.9 Å². The van der Waals surface area contributed by atoms with Crippen LogP contribution in [-0.4, -0.2) is 24.3 Å². The minimum absolute atomic E-state index is 0.143. The minimum Gasteiger partial charge on any atom is -0.369 e. The van der Waals surface area contributed by atoms with Gasteiger partial charge in [0, 0.05) is 12.1 Å². The SMILES string of the molecule is C=CCC(C(N)=O)C(CC(C)C)C(=O)NC1C(=O)N(CC2CCC2)c2ccccc2-c2ccccc21. The number of hydrogen-bond donors (Lipinski definition) is 2. The first-order chi connectivity index (χ1) is 17.3. The van der Waals surface area contributed by atoms with Crippen molar-refractivity contribution in [1.29, 1.82) is 0 Å². The highest BCUT2D eigenvalue weighted by atomic mass is 16.2. The number of nitrogens with one attached hydrogen (secondary N) is 1. The Labute approximate surface area is 213 Å². The predicted octanol–water partition coefficient (Wildman–Crippen LogP) is 5.00. The quantitative estimate of drug-likeness (QED) is 0.462. The molecule has 2 aromatic rings. The zero-order valence-corrected chi connectivity index (χ0v) is 21.3. The third kappa shape index (κ3) is 5.23. The Morgan fingerprint density at radius 2 is 1.75 bits per heavy atom. The second-order valence-electron chi connectivity index (χ2n) is 10.6. The fourth-order valence-corrected chi connectivity index (χ4v) is 5.47. The summed E-state index contributed by atoms with van der Waals surface area (Å²) in [5, 5.41) is 3.07. The topological polar surface area (TPSA) is 92.5 Å². The van der Waals surface area contributed by atoms with Crippen molar-refractivity contribution in [3.05, 3.63) is 66.7 Å². The van der Waals surface area contributed by atoms with E-state index in [9.17, 15) is 14.4 Å². The molecule has 1 aliphatic carbocycles. The van der Waals surface area contributed by atoms with E-state index < -0.39 is 23.8 Å². The molecular weight excluding hydrogens is 450 g/mol. The van der Waals surface area contributed by atoms with Crippen LogP contribution >= 0.6 is 0 Å². The molecule has 0 bridgehead atoms. The van der Waals surface area contributed by atoms with E-state index in [1.165, 1.54) is 6.42 Å². The summed E-state index contributed by atoms with van der Waals surface area (Å²) in [5.74, 6) is -1.69. The molecule has 0 radical (unpaired) electrons. The average molecular weight is 488 g/mol. The fourth-order valence-electron chi connectivity index (χ4n) is 5.47. The number of para-hydroxylation sites is 1. The van der Waals surface area contributed by atoms with Crippen molar-refractivity contribution < 1.29 is 14.4 Å². The van der Waals surface area contributed by atoms with Crippen LogP contribution in [0.5, 0.6) is 0 Å². The highest BCUT2D eigenvalue weighted by molar-refractivity contribution is 6.06. The first kappa shape index (κ1) is 25.7. The summed E-state index contributed by atoms with van der Waals surface area (Å²) >= 11 is 0. The summed E-state index contributed by atoms with van der Waals surface area (Å²) in [5.41, 5.74) is 9.27. The summed E-state index contributed by atoms with van der Waals surface area (Å²) < 4.78 is 0. The second kappa shape index (κ2) is 11.1. The van der Waals surface area contributed by atoms with Gasteiger partial charge in [0.25, 0.3) is 5.91 Å². The molecule has 2 aromatic carbocycles. The number of benzene rings is 2. The number of nitrogens with zero attached hydrogens (tertiary/aromatic N) is 1.